The zero-order valence-corrected chi connectivity index (χ0v) is 11.7. The van der Waals surface area contributed by atoms with Gasteiger partial charge in [-0.3, -0.25) is 4.57 Å². The van der Waals surface area contributed by atoms with Gasteiger partial charge in [0.05, 0.1) is 12.7 Å². The highest BCUT2D eigenvalue weighted by Gasteiger charge is 2.38. The molecular weight excluding hydrogens is 255 g/mol. The second kappa shape index (κ2) is 7.02. The summed E-state index contributed by atoms with van der Waals surface area (Å²) in [6.45, 7) is 1.72. The molecule has 1 rings (SSSR count). The third-order valence-electron chi connectivity index (χ3n) is 2.50. The van der Waals surface area contributed by atoms with E-state index in [1.165, 1.54) is 21.1 Å². The number of hydrogen-bond acceptors (Lipinski definition) is 5. The zero-order chi connectivity index (χ0) is 13.6. The van der Waals surface area contributed by atoms with Gasteiger partial charge in [-0.15, -0.1) is 0 Å². The molecule has 6 heteroatoms. The summed E-state index contributed by atoms with van der Waals surface area (Å²) >= 11 is 0. The predicted molar refractivity (Wildman–Crippen MR) is 68.3 cm³/mol. The number of rotatable bonds is 7. The van der Waals surface area contributed by atoms with Crippen LogP contribution in [0.25, 0.3) is 0 Å². The van der Waals surface area contributed by atoms with Crippen LogP contribution in [0.1, 0.15) is 12.5 Å². The molecule has 0 aliphatic carbocycles. The first-order valence-corrected chi connectivity index (χ1v) is 7.19. The lowest BCUT2D eigenvalue weighted by atomic mass is 10.2. The smallest absolute Gasteiger partial charge is 0.361 e. The van der Waals surface area contributed by atoms with Crippen LogP contribution in [0.3, 0.4) is 0 Å². The molecule has 0 spiro atoms. The minimum atomic E-state index is -3.46. The summed E-state index contributed by atoms with van der Waals surface area (Å²) in [7, 11) is -0.918. The van der Waals surface area contributed by atoms with Crippen molar-refractivity contribution in [2.45, 2.75) is 25.5 Å². The number of hydrogen-bond donors (Lipinski definition) is 1. The minimum absolute atomic E-state index is 0.229. The van der Waals surface area contributed by atoms with Crippen molar-refractivity contribution >= 4 is 7.60 Å². The maximum atomic E-state index is 12.2. The normalized spacial score (nSPS) is 15.3. The van der Waals surface area contributed by atoms with E-state index in [4.69, 9.17) is 13.8 Å². The molecular formula is C12H19O5P. The van der Waals surface area contributed by atoms with Gasteiger partial charge in [0, 0.05) is 14.2 Å². The lowest BCUT2D eigenvalue weighted by Gasteiger charge is -2.26. The molecule has 0 aliphatic heterocycles. The minimum Gasteiger partial charge on any atom is -0.390 e. The Kier molecular flexibility index (Phi) is 5.99. The molecule has 0 amide bonds. The Labute approximate surface area is 107 Å². The van der Waals surface area contributed by atoms with Gasteiger partial charge in [0.1, 0.15) is 0 Å². The molecule has 102 valence electrons. The van der Waals surface area contributed by atoms with Crippen molar-refractivity contribution in [1.29, 1.82) is 0 Å². The van der Waals surface area contributed by atoms with E-state index in [1.54, 1.807) is 0 Å². The van der Waals surface area contributed by atoms with Gasteiger partial charge in [-0.25, -0.2) is 0 Å². The topological polar surface area (TPSA) is 65.0 Å². The van der Waals surface area contributed by atoms with Gasteiger partial charge in [-0.2, -0.15) is 0 Å². The van der Waals surface area contributed by atoms with Crippen LogP contribution in [0.5, 0.6) is 0 Å². The summed E-state index contributed by atoms with van der Waals surface area (Å²) in [5.41, 5.74) is 0.918. The summed E-state index contributed by atoms with van der Waals surface area (Å²) in [6, 6.07) is 9.41. The van der Waals surface area contributed by atoms with Crippen molar-refractivity contribution in [3.05, 3.63) is 35.9 Å². The molecule has 0 aliphatic rings. The van der Waals surface area contributed by atoms with Gasteiger partial charge in [-0.05, 0) is 12.5 Å². The maximum Gasteiger partial charge on any atom is 0.361 e. The van der Waals surface area contributed by atoms with E-state index in [0.717, 1.165) is 5.56 Å². The van der Waals surface area contributed by atoms with E-state index in [2.05, 4.69) is 0 Å². The largest absolute Gasteiger partial charge is 0.390 e. The Balaban J connectivity index is 2.73. The zero-order valence-electron chi connectivity index (χ0n) is 10.8. The van der Waals surface area contributed by atoms with Gasteiger partial charge in [0.15, 0.2) is 5.85 Å². The predicted octanol–water partition coefficient (Wildman–Crippen LogP) is 2.40. The van der Waals surface area contributed by atoms with Crippen LogP contribution in [-0.2, 0) is 25.0 Å². The van der Waals surface area contributed by atoms with Crippen LogP contribution in [0.4, 0.5) is 0 Å². The van der Waals surface area contributed by atoms with Crippen LogP contribution < -0.4 is 0 Å². The molecule has 18 heavy (non-hydrogen) atoms. The first-order valence-electron chi connectivity index (χ1n) is 5.58. The standard InChI is InChI=1S/C12H19O5P/c1-10(13)12(18(14,15-2)16-3)17-9-11-7-5-4-6-8-11/h4-8,10,12-13H,9H2,1-3H3/t10-,12-/m0/s1. The average molecular weight is 274 g/mol. The van der Waals surface area contributed by atoms with Crippen LogP contribution in [0, 0.1) is 0 Å². The van der Waals surface area contributed by atoms with Crippen molar-refractivity contribution in [2.75, 3.05) is 14.2 Å². The van der Waals surface area contributed by atoms with Gasteiger partial charge in [-0.1, -0.05) is 30.3 Å². The first-order chi connectivity index (χ1) is 8.53. The van der Waals surface area contributed by atoms with E-state index < -0.39 is 19.5 Å². The molecule has 2 atom stereocenters. The number of aliphatic hydroxyl groups is 1. The first kappa shape index (κ1) is 15.3. The Morgan fingerprint density at radius 1 is 1.22 bits per heavy atom. The molecule has 1 N–H and O–H groups in total. The third kappa shape index (κ3) is 3.90. The maximum absolute atomic E-state index is 12.2. The number of benzene rings is 1. The van der Waals surface area contributed by atoms with Crippen molar-refractivity contribution in [1.82, 2.24) is 0 Å². The molecule has 0 radical (unpaired) electrons. The third-order valence-corrected chi connectivity index (χ3v) is 4.72. The lowest BCUT2D eigenvalue weighted by Crippen LogP contribution is -2.27. The fourth-order valence-electron chi connectivity index (χ4n) is 1.53. The van der Waals surface area contributed by atoms with Crippen LogP contribution >= 0.6 is 7.60 Å². The van der Waals surface area contributed by atoms with Crippen molar-refractivity contribution in [3.8, 4) is 0 Å². The van der Waals surface area contributed by atoms with Gasteiger partial charge >= 0.3 is 7.60 Å². The molecule has 0 unspecified atom stereocenters. The SMILES string of the molecule is COP(=O)(OC)[C@H](OCc1ccccc1)[C@H](C)O. The highest BCUT2D eigenvalue weighted by atomic mass is 31.2. The Morgan fingerprint density at radius 3 is 2.22 bits per heavy atom. The van der Waals surface area contributed by atoms with Crippen LogP contribution in [0.15, 0.2) is 30.3 Å². The summed E-state index contributed by atoms with van der Waals surface area (Å²) in [4.78, 5) is 0. The molecule has 1 aromatic carbocycles. The van der Waals surface area contributed by atoms with E-state index >= 15 is 0 Å². The van der Waals surface area contributed by atoms with E-state index in [0.29, 0.717) is 0 Å². The van der Waals surface area contributed by atoms with Gasteiger partial charge in [0.2, 0.25) is 0 Å². The second-order valence-corrected chi connectivity index (χ2v) is 6.15. The Morgan fingerprint density at radius 2 is 1.78 bits per heavy atom. The van der Waals surface area contributed by atoms with Crippen molar-refractivity contribution in [3.63, 3.8) is 0 Å². The van der Waals surface area contributed by atoms with E-state index in [-0.39, 0.29) is 6.61 Å². The summed E-state index contributed by atoms with van der Waals surface area (Å²) in [6.07, 6.45) is -0.959. The fraction of sp³-hybridized carbons (Fsp3) is 0.500. The van der Waals surface area contributed by atoms with E-state index in [9.17, 15) is 9.67 Å². The highest BCUT2D eigenvalue weighted by Crippen LogP contribution is 2.53. The number of ether oxygens (including phenoxy) is 1. The van der Waals surface area contributed by atoms with E-state index in [1.807, 2.05) is 30.3 Å². The second-order valence-electron chi connectivity index (χ2n) is 3.83. The van der Waals surface area contributed by atoms with Crippen molar-refractivity contribution < 1.29 is 23.5 Å². The summed E-state index contributed by atoms with van der Waals surface area (Å²) in [5.74, 6) is -1.01. The fourth-order valence-corrected chi connectivity index (χ4v) is 2.88. The number of aliphatic hydroxyl groups excluding tert-OH is 1. The molecule has 0 bridgehead atoms. The average Bonchev–Trinajstić information content (AvgIpc) is 2.39. The van der Waals surface area contributed by atoms with Crippen molar-refractivity contribution in [2.24, 2.45) is 0 Å². The lowest BCUT2D eigenvalue weighted by molar-refractivity contribution is -0.00829. The van der Waals surface area contributed by atoms with Crippen LogP contribution in [-0.4, -0.2) is 31.3 Å². The van der Waals surface area contributed by atoms with Gasteiger partial charge < -0.3 is 18.9 Å². The molecule has 0 heterocycles. The Hall–Kier alpha value is -0.710. The van der Waals surface area contributed by atoms with Crippen LogP contribution in [0.2, 0.25) is 0 Å². The molecule has 5 nitrogen and oxygen atoms in total. The summed E-state index contributed by atoms with van der Waals surface area (Å²) in [5, 5.41) is 9.63. The molecule has 1 aromatic rings. The van der Waals surface area contributed by atoms with Gasteiger partial charge in [0.25, 0.3) is 0 Å². The molecule has 0 saturated carbocycles. The molecule has 0 saturated heterocycles. The monoisotopic (exact) mass is 274 g/mol. The highest BCUT2D eigenvalue weighted by molar-refractivity contribution is 7.54. The Bertz CT molecular complexity index is 385. The molecule has 0 fully saturated rings. The summed E-state index contributed by atoms with van der Waals surface area (Å²) < 4.78 is 27.4. The quantitative estimate of drug-likeness (QED) is 0.773. The molecule has 0 aromatic heterocycles.